The van der Waals surface area contributed by atoms with Crippen molar-refractivity contribution in [2.24, 2.45) is 0 Å². The first kappa shape index (κ1) is 18.2. The summed E-state index contributed by atoms with van der Waals surface area (Å²) in [7, 11) is 0. The van der Waals surface area contributed by atoms with Crippen molar-refractivity contribution < 1.29 is 9.90 Å². The zero-order valence-corrected chi connectivity index (χ0v) is 16.3. The Kier molecular flexibility index (Phi) is 4.18. The number of benzene rings is 1. The summed E-state index contributed by atoms with van der Waals surface area (Å²) in [5.74, 6) is 0.779. The van der Waals surface area contributed by atoms with E-state index in [4.69, 9.17) is 0 Å². The number of phenols is 1. The minimum Gasteiger partial charge on any atom is -0.507 e. The number of nitrogens with one attached hydrogen (secondary N) is 1. The Balaban J connectivity index is 2.22. The number of pyridine rings is 1. The van der Waals surface area contributed by atoms with Gasteiger partial charge in [-0.25, -0.2) is 4.98 Å². The number of hydrogen-bond donors (Lipinski definition) is 2. The van der Waals surface area contributed by atoms with E-state index in [0.717, 1.165) is 22.3 Å². The van der Waals surface area contributed by atoms with Crippen molar-refractivity contribution in [1.82, 2.24) is 4.98 Å². The molecule has 1 aliphatic heterocycles. The molecule has 2 aromatic rings. The molecule has 1 aromatic carbocycles. The molecule has 0 unspecified atom stereocenters. The van der Waals surface area contributed by atoms with Gasteiger partial charge in [0.15, 0.2) is 0 Å². The van der Waals surface area contributed by atoms with E-state index in [-0.39, 0.29) is 16.7 Å². The first-order chi connectivity index (χ1) is 12.0. The molecule has 2 heterocycles. The van der Waals surface area contributed by atoms with E-state index in [9.17, 15) is 9.90 Å². The number of phenolic OH excluding ortho intramolecular Hbond substituents is 1. The fourth-order valence-electron chi connectivity index (χ4n) is 3.21. The van der Waals surface area contributed by atoms with Crippen LogP contribution in [0.1, 0.15) is 63.8 Å². The van der Waals surface area contributed by atoms with Gasteiger partial charge in [0.2, 0.25) is 0 Å². The maximum Gasteiger partial charge on any atom is 0.257 e. The number of aromatic nitrogens is 1. The normalized spacial score (nSPS) is 15.9. The number of aromatic hydroxyl groups is 1. The molecule has 2 N–H and O–H groups in total. The average Bonchev–Trinajstić information content (AvgIpc) is 2.82. The molecule has 0 bridgehead atoms. The molecule has 26 heavy (non-hydrogen) atoms. The molecule has 3 rings (SSSR count). The molecule has 136 valence electrons. The van der Waals surface area contributed by atoms with Gasteiger partial charge in [-0.15, -0.1) is 0 Å². The lowest BCUT2D eigenvalue weighted by Gasteiger charge is -2.28. The Morgan fingerprint density at radius 2 is 1.62 bits per heavy atom. The Bertz CT molecular complexity index is 877. The van der Waals surface area contributed by atoms with E-state index in [1.165, 1.54) is 0 Å². The van der Waals surface area contributed by atoms with Gasteiger partial charge in [-0.3, -0.25) is 4.79 Å². The van der Waals surface area contributed by atoms with Crippen LogP contribution in [0.3, 0.4) is 0 Å². The second-order valence-electron chi connectivity index (χ2n) is 8.88. The lowest BCUT2D eigenvalue weighted by Crippen LogP contribution is -2.17. The summed E-state index contributed by atoms with van der Waals surface area (Å²) in [4.78, 5) is 16.6. The predicted octanol–water partition coefficient (Wildman–Crippen LogP) is 4.87. The molecule has 0 spiro atoms. The predicted molar refractivity (Wildman–Crippen MR) is 106 cm³/mol. The average molecular weight is 350 g/mol. The fraction of sp³-hybridized carbons (Fsp3) is 0.364. The van der Waals surface area contributed by atoms with Crippen LogP contribution in [0.4, 0.5) is 5.82 Å². The molecule has 4 heteroatoms. The maximum atomic E-state index is 12.4. The van der Waals surface area contributed by atoms with Gasteiger partial charge in [-0.1, -0.05) is 41.5 Å². The van der Waals surface area contributed by atoms with Crippen LogP contribution >= 0.6 is 0 Å². The van der Waals surface area contributed by atoms with Gasteiger partial charge in [0.05, 0.1) is 5.57 Å². The van der Waals surface area contributed by atoms with E-state index < -0.39 is 0 Å². The summed E-state index contributed by atoms with van der Waals surface area (Å²) in [5, 5.41) is 13.6. The number of carbonyl (C=O) groups is 1. The number of amides is 1. The molecule has 0 atom stereocenters. The first-order valence-electron chi connectivity index (χ1n) is 8.85. The second kappa shape index (κ2) is 5.97. The summed E-state index contributed by atoms with van der Waals surface area (Å²) in [6.07, 6.45) is 3.55. The van der Waals surface area contributed by atoms with E-state index in [1.54, 1.807) is 6.20 Å². The van der Waals surface area contributed by atoms with Crippen LogP contribution in [-0.2, 0) is 15.6 Å². The van der Waals surface area contributed by atoms with Crippen molar-refractivity contribution in [1.29, 1.82) is 0 Å². The molecule has 1 aliphatic rings. The summed E-state index contributed by atoms with van der Waals surface area (Å²) in [6.45, 7) is 12.5. The number of rotatable bonds is 1. The molecule has 0 saturated carbocycles. The number of anilines is 1. The molecule has 0 fully saturated rings. The second-order valence-corrected chi connectivity index (χ2v) is 8.88. The highest BCUT2D eigenvalue weighted by Gasteiger charge is 2.28. The molecule has 4 nitrogen and oxygen atoms in total. The van der Waals surface area contributed by atoms with Crippen molar-refractivity contribution in [3.63, 3.8) is 0 Å². The van der Waals surface area contributed by atoms with E-state index >= 15 is 0 Å². The summed E-state index contributed by atoms with van der Waals surface area (Å²) in [5.41, 5.74) is 3.63. The molecular formula is C22H26N2O2. The zero-order valence-electron chi connectivity index (χ0n) is 16.3. The smallest absolute Gasteiger partial charge is 0.257 e. The van der Waals surface area contributed by atoms with E-state index in [2.05, 4.69) is 51.8 Å². The van der Waals surface area contributed by atoms with Gasteiger partial charge >= 0.3 is 0 Å². The number of nitrogens with zero attached hydrogens (tertiary/aromatic N) is 1. The van der Waals surface area contributed by atoms with Gasteiger partial charge in [-0.2, -0.15) is 0 Å². The number of carbonyl (C=O) groups excluding carboxylic acids is 1. The van der Waals surface area contributed by atoms with Gasteiger partial charge in [-0.05, 0) is 46.7 Å². The minimum atomic E-state index is -0.212. The summed E-state index contributed by atoms with van der Waals surface area (Å²) in [6, 6.07) is 7.66. The van der Waals surface area contributed by atoms with Crippen molar-refractivity contribution in [2.75, 3.05) is 5.32 Å². The van der Waals surface area contributed by atoms with Crippen LogP contribution in [0.5, 0.6) is 5.75 Å². The molecule has 1 amide bonds. The fourth-order valence-corrected chi connectivity index (χ4v) is 3.21. The monoisotopic (exact) mass is 350 g/mol. The van der Waals surface area contributed by atoms with Gasteiger partial charge in [0.25, 0.3) is 5.91 Å². The van der Waals surface area contributed by atoms with Crippen molar-refractivity contribution in [3.8, 4) is 5.75 Å². The van der Waals surface area contributed by atoms with Crippen molar-refractivity contribution in [3.05, 3.63) is 52.7 Å². The molecule has 0 radical (unpaired) electrons. The molecular weight excluding hydrogens is 324 g/mol. The van der Waals surface area contributed by atoms with Crippen LogP contribution in [0.25, 0.3) is 11.6 Å². The lowest BCUT2D eigenvalue weighted by atomic mass is 9.78. The molecule has 0 aliphatic carbocycles. The van der Waals surface area contributed by atoms with E-state index in [1.807, 2.05) is 30.3 Å². The Hall–Kier alpha value is -2.62. The standard InChI is InChI=1S/C22H26N2O2/c1-21(2,3)16-11-13(12-17(18(16)25)22(4,5)6)10-15-14-8-7-9-23-19(14)24-20(15)26/h7-12,25H,1-6H3,(H,23,24,26)/b15-10+. The van der Waals surface area contributed by atoms with Crippen molar-refractivity contribution >= 4 is 23.4 Å². The van der Waals surface area contributed by atoms with Crippen LogP contribution in [0.2, 0.25) is 0 Å². The van der Waals surface area contributed by atoms with Crippen LogP contribution < -0.4 is 5.32 Å². The Morgan fingerprint density at radius 1 is 1.04 bits per heavy atom. The van der Waals surface area contributed by atoms with Crippen molar-refractivity contribution in [2.45, 2.75) is 52.4 Å². The van der Waals surface area contributed by atoms with Gasteiger partial charge < -0.3 is 10.4 Å². The molecule has 0 saturated heterocycles. The third-order valence-electron chi connectivity index (χ3n) is 4.63. The summed E-state index contributed by atoms with van der Waals surface area (Å²) < 4.78 is 0. The zero-order chi connectivity index (χ0) is 19.3. The Labute approximate surface area is 155 Å². The van der Waals surface area contributed by atoms with Crippen LogP contribution in [0.15, 0.2) is 30.5 Å². The SMILES string of the molecule is CC(C)(C)c1cc(/C=C2/C(=O)Nc3ncccc32)cc(C(C)(C)C)c1O. The highest BCUT2D eigenvalue weighted by Crippen LogP contribution is 2.41. The third kappa shape index (κ3) is 3.24. The maximum absolute atomic E-state index is 12.4. The third-order valence-corrected chi connectivity index (χ3v) is 4.63. The highest BCUT2D eigenvalue weighted by atomic mass is 16.3. The van der Waals surface area contributed by atoms with Gasteiger partial charge in [0, 0.05) is 22.9 Å². The quantitative estimate of drug-likeness (QED) is 0.721. The lowest BCUT2D eigenvalue weighted by molar-refractivity contribution is -0.110. The topological polar surface area (TPSA) is 62.2 Å². The highest BCUT2D eigenvalue weighted by molar-refractivity contribution is 6.34. The van der Waals surface area contributed by atoms with Gasteiger partial charge in [0.1, 0.15) is 11.6 Å². The van der Waals surface area contributed by atoms with Crippen LogP contribution in [0, 0.1) is 0 Å². The minimum absolute atomic E-state index is 0.151. The summed E-state index contributed by atoms with van der Waals surface area (Å²) >= 11 is 0. The first-order valence-corrected chi connectivity index (χ1v) is 8.85. The Morgan fingerprint density at radius 3 is 2.15 bits per heavy atom. The van der Waals surface area contributed by atoms with E-state index in [0.29, 0.717) is 17.1 Å². The largest absolute Gasteiger partial charge is 0.507 e. The number of hydrogen-bond acceptors (Lipinski definition) is 3. The molecule has 1 aromatic heterocycles. The van der Waals surface area contributed by atoms with Crippen LogP contribution in [-0.4, -0.2) is 16.0 Å². The number of fused-ring (bicyclic) bond motifs is 1.